The number of hydrogen-bond acceptors (Lipinski definition) is 2. The minimum atomic E-state index is -0.541. The quantitative estimate of drug-likeness (QED) is 0.793. The van der Waals surface area contributed by atoms with E-state index in [1.807, 2.05) is 0 Å². The largest absolute Gasteiger partial charge is 0.505 e. The Morgan fingerprint density at radius 2 is 2.21 bits per heavy atom. The molecule has 1 aromatic rings. The Labute approximate surface area is 115 Å². The third-order valence-electron chi connectivity index (χ3n) is 4.16. The van der Waals surface area contributed by atoms with Crippen LogP contribution in [-0.4, -0.2) is 11.7 Å². The average molecular weight is 265 g/mol. The zero-order valence-electron chi connectivity index (χ0n) is 11.7. The molecule has 0 spiro atoms. The van der Waals surface area contributed by atoms with E-state index in [4.69, 9.17) is 0 Å². The normalized spacial score (nSPS) is 23.5. The van der Waals surface area contributed by atoms with Crippen molar-refractivity contribution in [3.05, 3.63) is 29.6 Å². The summed E-state index contributed by atoms with van der Waals surface area (Å²) < 4.78 is 13.1. The van der Waals surface area contributed by atoms with Gasteiger partial charge in [0, 0.05) is 12.1 Å². The molecule has 0 radical (unpaired) electrons. The van der Waals surface area contributed by atoms with Crippen LogP contribution in [0.5, 0.6) is 5.75 Å². The van der Waals surface area contributed by atoms with Crippen molar-refractivity contribution in [2.75, 3.05) is 6.54 Å². The molecule has 2 rings (SSSR count). The van der Waals surface area contributed by atoms with Gasteiger partial charge in [-0.05, 0) is 37.3 Å². The van der Waals surface area contributed by atoms with Crippen molar-refractivity contribution in [1.29, 1.82) is 0 Å². The van der Waals surface area contributed by atoms with Crippen LogP contribution in [0.15, 0.2) is 18.2 Å². The van der Waals surface area contributed by atoms with Crippen molar-refractivity contribution < 1.29 is 9.50 Å². The molecule has 1 aliphatic carbocycles. The van der Waals surface area contributed by atoms with E-state index in [2.05, 4.69) is 12.2 Å². The molecule has 3 heteroatoms. The van der Waals surface area contributed by atoms with Gasteiger partial charge in [-0.3, -0.25) is 0 Å². The third kappa shape index (κ3) is 4.20. The van der Waals surface area contributed by atoms with Gasteiger partial charge in [-0.1, -0.05) is 38.3 Å². The van der Waals surface area contributed by atoms with Crippen LogP contribution in [0, 0.1) is 17.7 Å². The number of hydrogen-bond donors (Lipinski definition) is 2. The standard InChI is InChI=1S/C16H24FNO/c1-12-4-2-5-13(10-12)8-9-18-11-14-6-3-7-15(17)16(14)19/h3,6-7,12-13,18-19H,2,4-5,8-11H2,1H3. The minimum absolute atomic E-state index is 0.221. The first kappa shape index (κ1) is 14.3. The van der Waals surface area contributed by atoms with Crippen molar-refractivity contribution in [3.8, 4) is 5.75 Å². The summed E-state index contributed by atoms with van der Waals surface area (Å²) in [5, 5.41) is 12.9. The predicted molar refractivity (Wildman–Crippen MR) is 75.5 cm³/mol. The number of para-hydroxylation sites is 1. The zero-order chi connectivity index (χ0) is 13.7. The maximum atomic E-state index is 13.1. The van der Waals surface area contributed by atoms with E-state index in [-0.39, 0.29) is 5.75 Å². The van der Waals surface area contributed by atoms with Crippen LogP contribution in [0.1, 0.15) is 44.6 Å². The van der Waals surface area contributed by atoms with Crippen molar-refractivity contribution in [2.24, 2.45) is 11.8 Å². The van der Waals surface area contributed by atoms with E-state index in [9.17, 15) is 9.50 Å². The Kier molecular flexibility index (Phi) is 5.20. The molecule has 2 nitrogen and oxygen atoms in total. The lowest BCUT2D eigenvalue weighted by Crippen LogP contribution is -2.21. The minimum Gasteiger partial charge on any atom is -0.505 e. The molecule has 2 N–H and O–H groups in total. The molecule has 1 aromatic carbocycles. The molecular weight excluding hydrogens is 241 g/mol. The molecule has 1 aliphatic rings. The molecule has 0 aliphatic heterocycles. The van der Waals surface area contributed by atoms with E-state index in [1.54, 1.807) is 12.1 Å². The molecule has 0 aromatic heterocycles. The van der Waals surface area contributed by atoms with Gasteiger partial charge in [0.05, 0.1) is 0 Å². The van der Waals surface area contributed by atoms with Crippen LogP contribution in [0.25, 0.3) is 0 Å². The summed E-state index contributed by atoms with van der Waals surface area (Å²) in [4.78, 5) is 0. The average Bonchev–Trinajstić information content (AvgIpc) is 2.39. The summed E-state index contributed by atoms with van der Waals surface area (Å²) in [6.07, 6.45) is 6.60. The van der Waals surface area contributed by atoms with Gasteiger partial charge in [0.25, 0.3) is 0 Å². The number of rotatable bonds is 5. The van der Waals surface area contributed by atoms with Crippen molar-refractivity contribution in [1.82, 2.24) is 5.32 Å². The van der Waals surface area contributed by atoms with Crippen molar-refractivity contribution in [3.63, 3.8) is 0 Å². The maximum absolute atomic E-state index is 13.1. The highest BCUT2D eigenvalue weighted by Crippen LogP contribution is 2.30. The lowest BCUT2D eigenvalue weighted by molar-refractivity contribution is 0.267. The lowest BCUT2D eigenvalue weighted by Gasteiger charge is -2.26. The van der Waals surface area contributed by atoms with Gasteiger partial charge in [-0.25, -0.2) is 4.39 Å². The number of phenols is 1. The Balaban J connectivity index is 1.70. The molecule has 106 valence electrons. The van der Waals surface area contributed by atoms with Gasteiger partial charge in [0.15, 0.2) is 11.6 Å². The van der Waals surface area contributed by atoms with Crippen LogP contribution < -0.4 is 5.32 Å². The fourth-order valence-electron chi connectivity index (χ4n) is 3.05. The number of aromatic hydroxyl groups is 1. The fourth-order valence-corrected chi connectivity index (χ4v) is 3.05. The van der Waals surface area contributed by atoms with Crippen LogP contribution in [0.3, 0.4) is 0 Å². The lowest BCUT2D eigenvalue weighted by atomic mass is 9.81. The maximum Gasteiger partial charge on any atom is 0.165 e. The summed E-state index contributed by atoms with van der Waals surface area (Å²) in [6.45, 7) is 3.81. The fraction of sp³-hybridized carbons (Fsp3) is 0.625. The second kappa shape index (κ2) is 6.90. The van der Waals surface area contributed by atoms with E-state index in [1.165, 1.54) is 38.2 Å². The van der Waals surface area contributed by atoms with Gasteiger partial charge in [0.2, 0.25) is 0 Å². The second-order valence-corrected chi connectivity index (χ2v) is 5.85. The van der Waals surface area contributed by atoms with Crippen LogP contribution in [-0.2, 0) is 6.54 Å². The Morgan fingerprint density at radius 1 is 1.37 bits per heavy atom. The SMILES string of the molecule is CC1CCCC(CCNCc2cccc(F)c2O)C1. The second-order valence-electron chi connectivity index (χ2n) is 5.85. The van der Waals surface area contributed by atoms with Gasteiger partial charge >= 0.3 is 0 Å². The Morgan fingerprint density at radius 3 is 3.00 bits per heavy atom. The predicted octanol–water partition coefficient (Wildman–Crippen LogP) is 3.84. The highest BCUT2D eigenvalue weighted by Gasteiger charge is 2.18. The summed E-state index contributed by atoms with van der Waals surface area (Å²) >= 11 is 0. The molecule has 0 amide bonds. The van der Waals surface area contributed by atoms with Gasteiger partial charge in [-0.2, -0.15) is 0 Å². The van der Waals surface area contributed by atoms with Crippen molar-refractivity contribution >= 4 is 0 Å². The van der Waals surface area contributed by atoms with E-state index < -0.39 is 5.82 Å². The summed E-state index contributed by atoms with van der Waals surface area (Å²) in [5.74, 6) is 0.935. The molecule has 19 heavy (non-hydrogen) atoms. The number of benzene rings is 1. The highest BCUT2D eigenvalue weighted by atomic mass is 19.1. The first-order valence-electron chi connectivity index (χ1n) is 7.34. The smallest absolute Gasteiger partial charge is 0.165 e. The van der Waals surface area contributed by atoms with Crippen LogP contribution in [0.2, 0.25) is 0 Å². The first-order valence-corrected chi connectivity index (χ1v) is 7.34. The number of halogens is 1. The summed E-state index contributed by atoms with van der Waals surface area (Å²) in [7, 11) is 0. The number of nitrogens with one attached hydrogen (secondary N) is 1. The van der Waals surface area contributed by atoms with Crippen molar-refractivity contribution in [2.45, 2.75) is 45.6 Å². The van der Waals surface area contributed by atoms with Crippen LogP contribution in [0.4, 0.5) is 4.39 Å². The monoisotopic (exact) mass is 265 g/mol. The van der Waals surface area contributed by atoms with E-state index >= 15 is 0 Å². The molecule has 0 heterocycles. The van der Waals surface area contributed by atoms with Gasteiger partial charge in [-0.15, -0.1) is 0 Å². The molecular formula is C16H24FNO. The Hall–Kier alpha value is -1.09. The van der Waals surface area contributed by atoms with E-state index in [0.29, 0.717) is 12.1 Å². The Bertz CT molecular complexity index is 408. The van der Waals surface area contributed by atoms with E-state index in [0.717, 1.165) is 18.4 Å². The number of phenolic OH excluding ortho intramolecular Hbond substituents is 1. The third-order valence-corrected chi connectivity index (χ3v) is 4.16. The highest BCUT2D eigenvalue weighted by molar-refractivity contribution is 5.33. The zero-order valence-corrected chi connectivity index (χ0v) is 11.7. The molecule has 0 saturated heterocycles. The van der Waals surface area contributed by atoms with Gasteiger partial charge < -0.3 is 10.4 Å². The first-order chi connectivity index (χ1) is 9.16. The molecule has 2 unspecified atom stereocenters. The molecule has 0 bridgehead atoms. The van der Waals surface area contributed by atoms with Crippen LogP contribution >= 0.6 is 0 Å². The molecule has 1 fully saturated rings. The molecule has 2 atom stereocenters. The topological polar surface area (TPSA) is 32.3 Å². The molecule has 1 saturated carbocycles. The summed E-state index contributed by atoms with van der Waals surface area (Å²) in [6, 6.07) is 4.67. The van der Waals surface area contributed by atoms with Gasteiger partial charge in [0.1, 0.15) is 0 Å². The summed E-state index contributed by atoms with van der Waals surface area (Å²) in [5.41, 5.74) is 0.636.